The third kappa shape index (κ3) is 4.59. The van der Waals surface area contributed by atoms with Crippen LogP contribution in [0.1, 0.15) is 31.3 Å². The molecule has 1 unspecified atom stereocenters. The minimum atomic E-state index is -4.86. The maximum Gasteiger partial charge on any atom is 0.453 e. The maximum atomic E-state index is 13.0. The van der Waals surface area contributed by atoms with Crippen molar-refractivity contribution in [2.45, 2.75) is 26.1 Å². The van der Waals surface area contributed by atoms with Gasteiger partial charge in [0.05, 0.1) is 13.2 Å². The van der Waals surface area contributed by atoms with Crippen molar-refractivity contribution in [2.24, 2.45) is 5.92 Å². The maximum absolute atomic E-state index is 13.0. The van der Waals surface area contributed by atoms with Crippen molar-refractivity contribution in [2.75, 3.05) is 18.9 Å². The highest BCUT2D eigenvalue weighted by molar-refractivity contribution is 5.96. The van der Waals surface area contributed by atoms with Crippen LogP contribution in [0.5, 0.6) is 0 Å². The van der Waals surface area contributed by atoms with Gasteiger partial charge in [-0.1, -0.05) is 30.3 Å². The number of rotatable bonds is 7. The number of hydrogen-bond donors (Lipinski definition) is 1. The lowest BCUT2D eigenvalue weighted by Gasteiger charge is -2.25. The summed E-state index contributed by atoms with van der Waals surface area (Å²) in [6, 6.07) is 6.54. The molecule has 1 heterocycles. The van der Waals surface area contributed by atoms with Gasteiger partial charge in [0.1, 0.15) is 6.04 Å². The SMILES string of the molecule is CCOC(=O)C(C(=O)OCC)C(c1ccccc1)n1nc(C(F)(F)F)nc1N. The predicted molar refractivity (Wildman–Crippen MR) is 90.8 cm³/mol. The first kappa shape index (κ1) is 21.2. The summed E-state index contributed by atoms with van der Waals surface area (Å²) in [5, 5.41) is 3.40. The fraction of sp³-hybridized carbons (Fsp3) is 0.412. The van der Waals surface area contributed by atoms with E-state index in [9.17, 15) is 22.8 Å². The van der Waals surface area contributed by atoms with Gasteiger partial charge in [-0.25, -0.2) is 4.68 Å². The van der Waals surface area contributed by atoms with Crippen molar-refractivity contribution in [1.82, 2.24) is 14.8 Å². The summed E-state index contributed by atoms with van der Waals surface area (Å²) in [6.45, 7) is 2.97. The van der Waals surface area contributed by atoms with E-state index in [2.05, 4.69) is 10.1 Å². The summed E-state index contributed by atoms with van der Waals surface area (Å²) in [7, 11) is 0. The number of alkyl halides is 3. The summed E-state index contributed by atoms with van der Waals surface area (Å²) < 4.78 is 49.7. The van der Waals surface area contributed by atoms with E-state index in [0.717, 1.165) is 0 Å². The van der Waals surface area contributed by atoms with Crippen molar-refractivity contribution < 1.29 is 32.2 Å². The molecule has 28 heavy (non-hydrogen) atoms. The van der Waals surface area contributed by atoms with Crippen LogP contribution < -0.4 is 5.73 Å². The molecule has 0 fully saturated rings. The second kappa shape index (κ2) is 8.72. The van der Waals surface area contributed by atoms with Crippen molar-refractivity contribution in [3.63, 3.8) is 0 Å². The Morgan fingerprint density at radius 3 is 2.07 bits per heavy atom. The molecular formula is C17H19F3N4O4. The van der Waals surface area contributed by atoms with E-state index < -0.39 is 41.8 Å². The van der Waals surface area contributed by atoms with E-state index in [0.29, 0.717) is 10.2 Å². The average molecular weight is 400 g/mol. The average Bonchev–Trinajstić information content (AvgIpc) is 3.02. The lowest BCUT2D eigenvalue weighted by atomic mass is 9.93. The molecule has 1 aromatic carbocycles. The van der Waals surface area contributed by atoms with E-state index in [4.69, 9.17) is 15.2 Å². The van der Waals surface area contributed by atoms with E-state index in [1.54, 1.807) is 18.2 Å². The highest BCUT2D eigenvalue weighted by Crippen LogP contribution is 2.33. The molecule has 0 aliphatic heterocycles. The van der Waals surface area contributed by atoms with Gasteiger partial charge in [0.15, 0.2) is 5.92 Å². The number of ether oxygens (including phenoxy) is 2. The number of carbonyl (C=O) groups is 2. The van der Waals surface area contributed by atoms with Crippen molar-refractivity contribution in [3.8, 4) is 0 Å². The normalized spacial score (nSPS) is 12.6. The molecule has 11 heteroatoms. The molecule has 0 saturated carbocycles. The highest BCUT2D eigenvalue weighted by Gasteiger charge is 2.43. The molecule has 2 aromatic rings. The fourth-order valence-corrected chi connectivity index (χ4v) is 2.60. The Morgan fingerprint density at radius 2 is 1.64 bits per heavy atom. The van der Waals surface area contributed by atoms with Crippen LogP contribution in [-0.2, 0) is 25.2 Å². The summed E-state index contributed by atoms with van der Waals surface area (Å²) >= 11 is 0. The number of benzene rings is 1. The first-order valence-corrected chi connectivity index (χ1v) is 8.38. The number of hydrogen-bond acceptors (Lipinski definition) is 7. The van der Waals surface area contributed by atoms with Crippen LogP contribution in [0.25, 0.3) is 0 Å². The van der Waals surface area contributed by atoms with Crippen molar-refractivity contribution in [3.05, 3.63) is 41.7 Å². The van der Waals surface area contributed by atoms with Crippen LogP contribution in [0.3, 0.4) is 0 Å². The Kier molecular flexibility index (Phi) is 6.60. The molecule has 152 valence electrons. The second-order valence-electron chi connectivity index (χ2n) is 5.57. The van der Waals surface area contributed by atoms with Crippen molar-refractivity contribution >= 4 is 17.9 Å². The third-order valence-corrected chi connectivity index (χ3v) is 3.71. The van der Waals surface area contributed by atoms with E-state index in [1.165, 1.54) is 26.0 Å². The van der Waals surface area contributed by atoms with Gasteiger partial charge in [-0.15, -0.1) is 5.10 Å². The quantitative estimate of drug-likeness (QED) is 0.561. The van der Waals surface area contributed by atoms with Gasteiger partial charge in [-0.05, 0) is 19.4 Å². The Bertz CT molecular complexity index is 806. The lowest BCUT2D eigenvalue weighted by molar-refractivity contribution is -0.163. The van der Waals surface area contributed by atoms with Gasteiger partial charge in [0.25, 0.3) is 5.82 Å². The zero-order chi connectivity index (χ0) is 20.9. The van der Waals surface area contributed by atoms with Gasteiger partial charge in [-0.3, -0.25) is 9.59 Å². The smallest absolute Gasteiger partial charge is 0.453 e. The van der Waals surface area contributed by atoms with Gasteiger partial charge in [0.2, 0.25) is 5.95 Å². The number of anilines is 1. The molecule has 2 N–H and O–H groups in total. The van der Waals surface area contributed by atoms with Crippen LogP contribution in [-0.4, -0.2) is 39.9 Å². The van der Waals surface area contributed by atoms with Crippen LogP contribution in [0.2, 0.25) is 0 Å². The van der Waals surface area contributed by atoms with Gasteiger partial charge < -0.3 is 15.2 Å². The van der Waals surface area contributed by atoms with Gasteiger partial charge >= 0.3 is 18.1 Å². The zero-order valence-corrected chi connectivity index (χ0v) is 15.1. The summed E-state index contributed by atoms with van der Waals surface area (Å²) in [5.74, 6) is -5.68. The highest BCUT2D eigenvalue weighted by atomic mass is 19.4. The number of halogens is 3. The van der Waals surface area contributed by atoms with Crippen molar-refractivity contribution in [1.29, 1.82) is 0 Å². The number of aromatic nitrogens is 3. The van der Waals surface area contributed by atoms with Crippen LogP contribution in [0.15, 0.2) is 30.3 Å². The molecule has 1 aromatic heterocycles. The topological polar surface area (TPSA) is 109 Å². The summed E-state index contributed by atoms with van der Waals surface area (Å²) in [6.07, 6.45) is -4.86. The molecule has 0 radical (unpaired) electrons. The molecular weight excluding hydrogens is 381 g/mol. The minimum Gasteiger partial charge on any atom is -0.465 e. The number of nitrogens with zero attached hydrogens (tertiary/aromatic N) is 3. The molecule has 0 spiro atoms. The fourth-order valence-electron chi connectivity index (χ4n) is 2.60. The monoisotopic (exact) mass is 400 g/mol. The van der Waals surface area contributed by atoms with E-state index in [1.807, 2.05) is 0 Å². The summed E-state index contributed by atoms with van der Waals surface area (Å²) in [4.78, 5) is 28.3. The first-order chi connectivity index (χ1) is 13.2. The molecule has 0 amide bonds. The van der Waals surface area contributed by atoms with Crippen LogP contribution in [0.4, 0.5) is 19.1 Å². The zero-order valence-electron chi connectivity index (χ0n) is 15.1. The van der Waals surface area contributed by atoms with Gasteiger partial charge in [-0.2, -0.15) is 18.2 Å². The second-order valence-corrected chi connectivity index (χ2v) is 5.57. The van der Waals surface area contributed by atoms with E-state index >= 15 is 0 Å². The largest absolute Gasteiger partial charge is 0.465 e. The summed E-state index contributed by atoms with van der Waals surface area (Å²) in [5.41, 5.74) is 5.95. The van der Waals surface area contributed by atoms with Crippen LogP contribution >= 0.6 is 0 Å². The Morgan fingerprint density at radius 1 is 1.11 bits per heavy atom. The molecule has 0 aliphatic carbocycles. The number of nitrogens with two attached hydrogens (primary N) is 1. The minimum absolute atomic E-state index is 0.0448. The molecule has 0 aliphatic rings. The van der Waals surface area contributed by atoms with E-state index in [-0.39, 0.29) is 13.2 Å². The molecule has 2 rings (SSSR count). The lowest BCUT2D eigenvalue weighted by Crippen LogP contribution is -2.37. The first-order valence-electron chi connectivity index (χ1n) is 8.38. The number of esters is 2. The van der Waals surface area contributed by atoms with Gasteiger partial charge in [0, 0.05) is 0 Å². The third-order valence-electron chi connectivity index (χ3n) is 3.71. The molecule has 1 atom stereocenters. The predicted octanol–water partition coefficient (Wildman–Crippen LogP) is 2.21. The Balaban J connectivity index is 2.66. The molecule has 0 bridgehead atoms. The number of carbonyl (C=O) groups excluding carboxylic acids is 2. The Labute approximate surface area is 158 Å². The molecule has 8 nitrogen and oxygen atoms in total. The molecule has 0 saturated heterocycles. The Hall–Kier alpha value is -3.11. The standard InChI is InChI=1S/C17H19F3N4O4/c1-3-27-13(25)11(14(26)28-4-2)12(10-8-6-5-7-9-10)24-16(21)22-15(23-24)17(18,19)20/h5-9,11-12H,3-4H2,1-2H3,(H2,21,22,23). The van der Waals surface area contributed by atoms with Crippen LogP contribution in [0, 0.1) is 5.92 Å². The number of nitrogen functional groups attached to an aromatic ring is 1.